The minimum Gasteiger partial charge on any atom is -0.507 e. The van der Waals surface area contributed by atoms with Crippen molar-refractivity contribution in [1.82, 2.24) is 20.4 Å². The van der Waals surface area contributed by atoms with E-state index in [0.29, 0.717) is 31.0 Å². The highest BCUT2D eigenvalue weighted by molar-refractivity contribution is 6.20. The Labute approximate surface area is 206 Å². The van der Waals surface area contributed by atoms with Gasteiger partial charge in [-0.05, 0) is 57.8 Å². The van der Waals surface area contributed by atoms with E-state index in [4.69, 9.17) is 0 Å². The van der Waals surface area contributed by atoms with E-state index in [1.165, 1.54) is 12.1 Å². The van der Waals surface area contributed by atoms with Crippen molar-refractivity contribution < 1.29 is 24.9 Å². The number of piperidine rings is 1. The predicted molar refractivity (Wildman–Crippen MR) is 132 cm³/mol. The summed E-state index contributed by atoms with van der Waals surface area (Å²) in [4.78, 5) is 31.6. The summed E-state index contributed by atoms with van der Waals surface area (Å²) >= 11 is 0. The molecule has 1 heterocycles. The number of phenols is 2. The van der Waals surface area contributed by atoms with Crippen LogP contribution < -0.4 is 10.6 Å². The molecule has 2 aliphatic carbocycles. The Morgan fingerprint density at radius 1 is 0.943 bits per heavy atom. The molecule has 1 fully saturated rings. The Morgan fingerprint density at radius 2 is 1.51 bits per heavy atom. The van der Waals surface area contributed by atoms with Crippen molar-refractivity contribution in [3.05, 3.63) is 46.8 Å². The zero-order valence-electron chi connectivity index (χ0n) is 20.5. The molecule has 35 heavy (non-hydrogen) atoms. The molecule has 0 saturated carbocycles. The van der Waals surface area contributed by atoms with Gasteiger partial charge in [0.1, 0.15) is 11.5 Å². The van der Waals surface area contributed by atoms with Gasteiger partial charge in [0, 0.05) is 43.6 Å². The predicted octanol–water partition coefficient (Wildman–Crippen LogP) is 1.08. The van der Waals surface area contributed by atoms with E-state index < -0.39 is 11.8 Å². The minimum absolute atomic E-state index is 0.114. The van der Waals surface area contributed by atoms with E-state index in [1.807, 2.05) is 31.1 Å². The maximum absolute atomic E-state index is 13.7. The molecule has 1 aliphatic heterocycles. The van der Waals surface area contributed by atoms with Crippen LogP contribution in [-0.4, -0.2) is 96.2 Å². The Bertz CT molecular complexity index is 1030. The number of likely N-dealkylation sites (N-methyl/N-ethyl adjacent to an activating group) is 1. The SMILES string of the molecule is CN(C)CCNC1=CC=C(NCCN2CCCCC2CO)C2C(=O)c3c(O)ccc(O)c3C(=O)C12. The van der Waals surface area contributed by atoms with Gasteiger partial charge >= 0.3 is 0 Å². The standard InChI is InChI=1S/C26H36N4O5/c1-29(2)13-10-27-17-6-7-18(28-11-14-30-12-4-3-5-16(30)15-31)22-21(17)25(34)23-19(32)8-9-20(33)24(23)26(22)35/h6-9,16,21-22,27-28,31-33H,3-5,10-15H2,1-2H3. The fraction of sp³-hybridized carbons (Fsp3) is 0.538. The summed E-state index contributed by atoms with van der Waals surface area (Å²) in [5.41, 5.74) is 1.02. The van der Waals surface area contributed by atoms with Gasteiger partial charge < -0.3 is 30.9 Å². The van der Waals surface area contributed by atoms with Crippen LogP contribution in [0.2, 0.25) is 0 Å². The van der Waals surface area contributed by atoms with Gasteiger partial charge in [-0.25, -0.2) is 0 Å². The summed E-state index contributed by atoms with van der Waals surface area (Å²) in [6.45, 7) is 3.67. The van der Waals surface area contributed by atoms with Gasteiger partial charge in [0.25, 0.3) is 0 Å². The second-order valence-corrected chi connectivity index (χ2v) is 9.81. The number of aliphatic hydroxyl groups is 1. The molecule has 1 aromatic carbocycles. The number of aromatic hydroxyl groups is 2. The molecule has 5 N–H and O–H groups in total. The van der Waals surface area contributed by atoms with Crippen molar-refractivity contribution in [3.63, 3.8) is 0 Å². The van der Waals surface area contributed by atoms with Crippen LogP contribution >= 0.6 is 0 Å². The maximum Gasteiger partial charge on any atom is 0.177 e. The number of phenolic OH excluding ortho intramolecular Hbond substituents is 2. The number of nitrogens with one attached hydrogen (secondary N) is 2. The van der Waals surface area contributed by atoms with Crippen LogP contribution in [0.25, 0.3) is 0 Å². The average Bonchev–Trinajstić information content (AvgIpc) is 2.84. The lowest BCUT2D eigenvalue weighted by molar-refractivity contribution is 0.0765. The van der Waals surface area contributed by atoms with Crippen LogP contribution in [0.5, 0.6) is 11.5 Å². The van der Waals surface area contributed by atoms with Gasteiger partial charge in [0.2, 0.25) is 0 Å². The van der Waals surface area contributed by atoms with Crippen LogP contribution in [0.15, 0.2) is 35.7 Å². The molecule has 3 aliphatic rings. The summed E-state index contributed by atoms with van der Waals surface area (Å²) in [5, 5.41) is 37.2. The van der Waals surface area contributed by atoms with Gasteiger partial charge in [-0.1, -0.05) is 6.42 Å². The number of carbonyl (C=O) groups is 2. The Balaban J connectivity index is 1.60. The molecule has 0 aromatic heterocycles. The molecular weight excluding hydrogens is 448 g/mol. The first kappa shape index (κ1) is 25.2. The summed E-state index contributed by atoms with van der Waals surface area (Å²) in [5.74, 6) is -2.99. The first-order chi connectivity index (χ1) is 16.8. The zero-order valence-corrected chi connectivity index (χ0v) is 20.5. The Morgan fingerprint density at radius 3 is 2.06 bits per heavy atom. The number of fused-ring (bicyclic) bond motifs is 2. The van der Waals surface area contributed by atoms with Crippen LogP contribution in [0.4, 0.5) is 0 Å². The lowest BCUT2D eigenvalue weighted by Crippen LogP contribution is -2.48. The number of benzene rings is 1. The molecule has 3 unspecified atom stereocenters. The molecule has 0 bridgehead atoms. The molecule has 1 aromatic rings. The molecule has 0 radical (unpaired) electrons. The topological polar surface area (TPSA) is 125 Å². The lowest BCUT2D eigenvalue weighted by Gasteiger charge is -2.38. The molecule has 4 rings (SSSR count). The van der Waals surface area contributed by atoms with Crippen molar-refractivity contribution in [1.29, 1.82) is 0 Å². The third-order valence-corrected chi connectivity index (χ3v) is 7.24. The van der Waals surface area contributed by atoms with E-state index in [9.17, 15) is 24.9 Å². The molecule has 0 spiro atoms. The van der Waals surface area contributed by atoms with Gasteiger partial charge in [0.05, 0.1) is 29.6 Å². The van der Waals surface area contributed by atoms with Crippen LogP contribution in [0, 0.1) is 11.8 Å². The van der Waals surface area contributed by atoms with Crippen molar-refractivity contribution in [2.75, 3.05) is 53.4 Å². The fourth-order valence-corrected chi connectivity index (χ4v) is 5.39. The largest absolute Gasteiger partial charge is 0.507 e. The highest BCUT2D eigenvalue weighted by Crippen LogP contribution is 2.44. The van der Waals surface area contributed by atoms with Gasteiger partial charge in [-0.2, -0.15) is 0 Å². The lowest BCUT2D eigenvalue weighted by atomic mass is 9.68. The number of ketones is 2. The van der Waals surface area contributed by atoms with Crippen LogP contribution in [0.3, 0.4) is 0 Å². The van der Waals surface area contributed by atoms with Gasteiger partial charge in [-0.3, -0.25) is 14.5 Å². The van der Waals surface area contributed by atoms with Crippen molar-refractivity contribution in [2.24, 2.45) is 11.8 Å². The van der Waals surface area contributed by atoms with Gasteiger partial charge in [0.15, 0.2) is 11.6 Å². The third-order valence-electron chi connectivity index (χ3n) is 7.24. The first-order valence-electron chi connectivity index (χ1n) is 12.4. The van der Waals surface area contributed by atoms with Gasteiger partial charge in [-0.15, -0.1) is 0 Å². The zero-order chi connectivity index (χ0) is 25.1. The van der Waals surface area contributed by atoms with Crippen molar-refractivity contribution >= 4 is 11.6 Å². The number of likely N-dealkylation sites (tertiary alicyclic amines) is 1. The summed E-state index contributed by atoms with van der Waals surface area (Å²) < 4.78 is 0. The number of rotatable bonds is 9. The van der Waals surface area contributed by atoms with E-state index in [0.717, 1.165) is 32.4 Å². The Hall–Kier alpha value is -2.88. The van der Waals surface area contributed by atoms with E-state index in [-0.39, 0.29) is 46.8 Å². The molecular formula is C26H36N4O5. The number of hydrogen-bond acceptors (Lipinski definition) is 9. The second-order valence-electron chi connectivity index (χ2n) is 9.81. The van der Waals surface area contributed by atoms with E-state index in [2.05, 4.69) is 15.5 Å². The van der Waals surface area contributed by atoms with E-state index >= 15 is 0 Å². The normalized spacial score (nSPS) is 24.5. The third kappa shape index (κ3) is 5.07. The fourth-order valence-electron chi connectivity index (χ4n) is 5.39. The summed E-state index contributed by atoms with van der Waals surface area (Å²) in [6, 6.07) is 2.64. The number of aliphatic hydroxyl groups excluding tert-OH is 1. The molecule has 0 amide bonds. The molecule has 9 nitrogen and oxygen atoms in total. The number of hydrogen-bond donors (Lipinski definition) is 5. The highest BCUT2D eigenvalue weighted by Gasteiger charge is 2.48. The monoisotopic (exact) mass is 484 g/mol. The number of carbonyl (C=O) groups excluding carboxylic acids is 2. The van der Waals surface area contributed by atoms with Crippen LogP contribution in [0.1, 0.15) is 40.0 Å². The molecule has 190 valence electrons. The second kappa shape index (κ2) is 10.8. The summed E-state index contributed by atoms with van der Waals surface area (Å²) in [7, 11) is 3.91. The molecule has 9 heteroatoms. The minimum atomic E-state index is -0.815. The summed E-state index contributed by atoms with van der Waals surface area (Å²) in [6.07, 6.45) is 6.84. The molecule has 3 atom stereocenters. The maximum atomic E-state index is 13.7. The first-order valence-corrected chi connectivity index (χ1v) is 12.4. The van der Waals surface area contributed by atoms with Crippen molar-refractivity contribution in [2.45, 2.75) is 25.3 Å². The highest BCUT2D eigenvalue weighted by atomic mass is 16.3. The average molecular weight is 485 g/mol. The van der Waals surface area contributed by atoms with Crippen LogP contribution in [-0.2, 0) is 0 Å². The number of allylic oxidation sites excluding steroid dienone is 4. The smallest absolute Gasteiger partial charge is 0.177 e. The number of nitrogens with zero attached hydrogens (tertiary/aromatic N) is 2. The Kier molecular flexibility index (Phi) is 7.78. The molecule has 1 saturated heterocycles. The van der Waals surface area contributed by atoms with E-state index in [1.54, 1.807) is 0 Å². The van der Waals surface area contributed by atoms with Crippen molar-refractivity contribution in [3.8, 4) is 11.5 Å². The number of Topliss-reactive ketones (excluding diaryl/α,β-unsaturated/α-hetero) is 2. The quantitative estimate of drug-likeness (QED) is 0.327.